The maximum absolute atomic E-state index is 9.40. The van der Waals surface area contributed by atoms with Gasteiger partial charge >= 0.3 is 0 Å². The number of benzene rings is 2. The van der Waals surface area contributed by atoms with E-state index in [1.54, 1.807) is 0 Å². The summed E-state index contributed by atoms with van der Waals surface area (Å²) >= 11 is 6.37. The normalized spacial score (nSPS) is 11.1. The molecule has 1 N–H and O–H groups in total. The predicted octanol–water partition coefficient (Wildman–Crippen LogP) is 4.23. The van der Waals surface area contributed by atoms with Crippen LogP contribution in [0.1, 0.15) is 5.56 Å². The van der Waals surface area contributed by atoms with Gasteiger partial charge in [-0.2, -0.15) is 0 Å². The number of aromatic nitrogens is 3. The van der Waals surface area contributed by atoms with Crippen molar-refractivity contribution in [1.29, 1.82) is 0 Å². The Hall–Kier alpha value is -2.69. The molecule has 4 rings (SSSR count). The van der Waals surface area contributed by atoms with E-state index in [1.807, 2.05) is 65.4 Å². The van der Waals surface area contributed by atoms with Crippen molar-refractivity contribution in [3.63, 3.8) is 0 Å². The van der Waals surface area contributed by atoms with E-state index in [-0.39, 0.29) is 6.61 Å². The highest BCUT2D eigenvalue weighted by molar-refractivity contribution is 6.35. The third-order valence-corrected chi connectivity index (χ3v) is 4.28. The van der Waals surface area contributed by atoms with Crippen LogP contribution in [-0.4, -0.2) is 19.6 Å². The quantitative estimate of drug-likeness (QED) is 0.570. The molecule has 0 spiro atoms. The summed E-state index contributed by atoms with van der Waals surface area (Å²) in [5.74, 6) is 0. The minimum absolute atomic E-state index is 0.00456. The average molecular weight is 336 g/mol. The zero-order chi connectivity index (χ0) is 16.5. The van der Waals surface area contributed by atoms with E-state index < -0.39 is 0 Å². The number of aliphatic hydroxyl groups excluding tert-OH is 1. The molecule has 0 radical (unpaired) electrons. The van der Waals surface area contributed by atoms with Crippen molar-refractivity contribution in [2.75, 3.05) is 0 Å². The van der Waals surface area contributed by atoms with Crippen LogP contribution >= 0.6 is 11.6 Å². The van der Waals surface area contributed by atoms with Gasteiger partial charge in [-0.1, -0.05) is 48.0 Å². The van der Waals surface area contributed by atoms with Crippen LogP contribution in [0, 0.1) is 0 Å². The summed E-state index contributed by atoms with van der Waals surface area (Å²) in [7, 11) is 0. The van der Waals surface area contributed by atoms with Gasteiger partial charge in [0.15, 0.2) is 0 Å². The van der Waals surface area contributed by atoms with Gasteiger partial charge in [-0.25, -0.2) is 9.97 Å². The summed E-state index contributed by atoms with van der Waals surface area (Å²) in [6.45, 7) is -0.00456. The minimum atomic E-state index is -0.00456. The average Bonchev–Trinajstić information content (AvgIpc) is 3.04. The third kappa shape index (κ3) is 2.46. The molecule has 0 amide bonds. The largest absolute Gasteiger partial charge is 0.392 e. The Morgan fingerprint density at radius 2 is 1.83 bits per heavy atom. The molecule has 0 aliphatic carbocycles. The molecule has 0 bridgehead atoms. The van der Waals surface area contributed by atoms with Gasteiger partial charge in [-0.05, 0) is 29.3 Å². The summed E-state index contributed by atoms with van der Waals surface area (Å²) < 4.78 is 2.00. The second kappa shape index (κ2) is 6.07. The van der Waals surface area contributed by atoms with E-state index in [0.29, 0.717) is 5.15 Å². The topological polar surface area (TPSA) is 50.9 Å². The van der Waals surface area contributed by atoms with Crippen molar-refractivity contribution in [2.45, 2.75) is 6.61 Å². The van der Waals surface area contributed by atoms with E-state index >= 15 is 0 Å². The Kier molecular flexibility index (Phi) is 3.76. The first-order chi connectivity index (χ1) is 11.8. The van der Waals surface area contributed by atoms with Gasteiger partial charge < -0.3 is 9.67 Å². The highest BCUT2D eigenvalue weighted by Crippen LogP contribution is 2.35. The molecule has 0 fully saturated rings. The fraction of sp³-hybridized carbons (Fsp3) is 0.0526. The van der Waals surface area contributed by atoms with Gasteiger partial charge in [0.25, 0.3) is 0 Å². The van der Waals surface area contributed by atoms with Crippen LogP contribution in [-0.2, 0) is 6.61 Å². The third-order valence-electron chi connectivity index (χ3n) is 3.99. The fourth-order valence-corrected chi connectivity index (χ4v) is 3.10. The van der Waals surface area contributed by atoms with Crippen molar-refractivity contribution < 1.29 is 5.11 Å². The predicted molar refractivity (Wildman–Crippen MR) is 95.2 cm³/mol. The number of nitrogens with zero attached hydrogens (tertiary/aromatic N) is 3. The molecular weight excluding hydrogens is 322 g/mol. The molecule has 4 nitrogen and oxygen atoms in total. The molecule has 2 heterocycles. The Bertz CT molecular complexity index is 1010. The maximum Gasteiger partial charge on any atom is 0.150 e. The molecule has 4 aromatic rings. The molecule has 0 aliphatic rings. The van der Waals surface area contributed by atoms with Crippen LogP contribution in [0.15, 0.2) is 67.1 Å². The van der Waals surface area contributed by atoms with E-state index in [1.165, 1.54) is 6.33 Å². The number of rotatable bonds is 3. The molecule has 118 valence electrons. The molecule has 24 heavy (non-hydrogen) atoms. The van der Waals surface area contributed by atoms with Crippen molar-refractivity contribution in [2.24, 2.45) is 0 Å². The van der Waals surface area contributed by atoms with Gasteiger partial charge in [-0.15, -0.1) is 0 Å². The van der Waals surface area contributed by atoms with Crippen molar-refractivity contribution in [3.05, 3.63) is 77.8 Å². The number of hydrogen-bond donors (Lipinski definition) is 1. The lowest BCUT2D eigenvalue weighted by Crippen LogP contribution is -1.93. The van der Waals surface area contributed by atoms with Crippen LogP contribution in [0.2, 0.25) is 5.15 Å². The summed E-state index contributed by atoms with van der Waals surface area (Å²) in [5, 5.41) is 10.6. The molecule has 0 unspecified atom stereocenters. The SMILES string of the molecule is OCc1cccc(-c2cn(-c3ccccc3)c3ncnc(Cl)c23)c1. The first-order valence-corrected chi connectivity index (χ1v) is 7.93. The number of halogens is 1. The lowest BCUT2D eigenvalue weighted by Gasteiger charge is -2.03. The number of hydrogen-bond acceptors (Lipinski definition) is 3. The first kappa shape index (κ1) is 14.9. The van der Waals surface area contributed by atoms with Crippen LogP contribution < -0.4 is 0 Å². The molecule has 2 aromatic carbocycles. The number of aliphatic hydroxyl groups is 1. The maximum atomic E-state index is 9.40. The van der Waals surface area contributed by atoms with Crippen LogP contribution in [0.3, 0.4) is 0 Å². The molecule has 5 heteroatoms. The van der Waals surface area contributed by atoms with E-state index in [4.69, 9.17) is 11.6 Å². The Balaban J connectivity index is 2.02. The van der Waals surface area contributed by atoms with Crippen molar-refractivity contribution in [1.82, 2.24) is 14.5 Å². The first-order valence-electron chi connectivity index (χ1n) is 7.55. The van der Waals surface area contributed by atoms with Gasteiger partial charge in [0.2, 0.25) is 0 Å². The second-order valence-electron chi connectivity index (χ2n) is 5.47. The molecule has 0 saturated heterocycles. The van der Waals surface area contributed by atoms with Gasteiger partial charge in [0.05, 0.1) is 12.0 Å². The number of fused-ring (bicyclic) bond motifs is 1. The van der Waals surface area contributed by atoms with E-state index in [0.717, 1.165) is 33.4 Å². The molecule has 0 saturated carbocycles. The van der Waals surface area contributed by atoms with Gasteiger partial charge in [0, 0.05) is 17.4 Å². The molecular formula is C19H14ClN3O. The fourth-order valence-electron chi connectivity index (χ4n) is 2.87. The Labute approximate surface area is 144 Å². The lowest BCUT2D eigenvalue weighted by molar-refractivity contribution is 0.282. The number of para-hydroxylation sites is 1. The van der Waals surface area contributed by atoms with E-state index in [9.17, 15) is 5.11 Å². The van der Waals surface area contributed by atoms with Crippen LogP contribution in [0.5, 0.6) is 0 Å². The summed E-state index contributed by atoms with van der Waals surface area (Å²) in [6, 6.07) is 17.7. The Morgan fingerprint density at radius 3 is 2.62 bits per heavy atom. The summed E-state index contributed by atoms with van der Waals surface area (Å²) in [6.07, 6.45) is 3.48. The molecule has 0 aliphatic heterocycles. The van der Waals surface area contributed by atoms with Crippen LogP contribution in [0.4, 0.5) is 0 Å². The zero-order valence-corrected chi connectivity index (χ0v) is 13.5. The molecule has 0 atom stereocenters. The van der Waals surface area contributed by atoms with E-state index in [2.05, 4.69) is 9.97 Å². The van der Waals surface area contributed by atoms with Crippen molar-refractivity contribution in [3.8, 4) is 16.8 Å². The minimum Gasteiger partial charge on any atom is -0.392 e. The summed E-state index contributed by atoms with van der Waals surface area (Å²) in [4.78, 5) is 8.56. The summed E-state index contributed by atoms with van der Waals surface area (Å²) in [5.41, 5.74) is 4.51. The monoisotopic (exact) mass is 335 g/mol. The van der Waals surface area contributed by atoms with Gasteiger partial charge in [-0.3, -0.25) is 0 Å². The van der Waals surface area contributed by atoms with Crippen LogP contribution in [0.25, 0.3) is 27.8 Å². The van der Waals surface area contributed by atoms with Crippen molar-refractivity contribution >= 4 is 22.6 Å². The smallest absolute Gasteiger partial charge is 0.150 e. The van der Waals surface area contributed by atoms with Gasteiger partial charge in [0.1, 0.15) is 17.1 Å². The highest BCUT2D eigenvalue weighted by atomic mass is 35.5. The second-order valence-corrected chi connectivity index (χ2v) is 5.83. The zero-order valence-electron chi connectivity index (χ0n) is 12.7. The highest BCUT2D eigenvalue weighted by Gasteiger charge is 2.16. The standard InChI is InChI=1S/C19H14ClN3O/c20-18-17-16(14-6-4-5-13(9-14)11-24)10-23(19(17)22-12-21-18)15-7-2-1-3-8-15/h1-10,12,24H,11H2. The molecule has 2 aromatic heterocycles. The lowest BCUT2D eigenvalue weighted by atomic mass is 10.0. The Morgan fingerprint density at radius 1 is 1.00 bits per heavy atom.